The van der Waals surface area contributed by atoms with Crippen molar-refractivity contribution >= 4 is 0 Å². The van der Waals surface area contributed by atoms with E-state index < -0.39 is 0 Å². The van der Waals surface area contributed by atoms with Gasteiger partial charge in [0.2, 0.25) is 0 Å². The van der Waals surface area contributed by atoms with E-state index in [0.717, 1.165) is 0 Å². The maximum Gasteiger partial charge on any atom is 0.00366 e. The van der Waals surface area contributed by atoms with Crippen LogP contribution >= 0.6 is 0 Å². The van der Waals surface area contributed by atoms with E-state index >= 15 is 0 Å². The molecule has 1 radical (unpaired) electrons. The Labute approximate surface area is 52.1 Å². The summed E-state index contributed by atoms with van der Waals surface area (Å²) in [6, 6.07) is 0. The molecule has 0 saturated carbocycles. The van der Waals surface area contributed by atoms with Crippen molar-refractivity contribution in [2.45, 2.75) is 0 Å². The van der Waals surface area contributed by atoms with Crippen LogP contribution < -0.4 is 5.34 Å². The third kappa shape index (κ3) is 17.5. The first kappa shape index (κ1) is 8.82. The summed E-state index contributed by atoms with van der Waals surface area (Å²) in [5.74, 6) is 0. The number of rotatable bonds is 0. The van der Waals surface area contributed by atoms with E-state index in [1.165, 1.54) is 0 Å². The monoisotopic (exact) mass is 222 g/mol. The van der Waals surface area contributed by atoms with Gasteiger partial charge in [-0.05, 0) is 0 Å². The first-order valence-corrected chi connectivity index (χ1v) is 0.408. The van der Waals surface area contributed by atoms with Crippen LogP contribution in [0.2, 0.25) is 0 Å². The molecule has 0 fully saturated rings. The molecule has 0 aromatic carbocycles. The number of hydrogen-bond acceptors (Lipinski definition) is 2. The zero-order chi connectivity index (χ0) is 2.71. The molecular weight excluding hydrogens is 221 g/mol. The maximum absolute atomic E-state index is 8.12. The molecule has 0 aromatic heterocycles. The first-order valence-electron chi connectivity index (χ1n) is 0.408. The molecule has 0 aliphatic heterocycles. The second-order valence-electron chi connectivity index (χ2n) is 0.0833. The average molecular weight is 222 g/mol. The van der Waals surface area contributed by atoms with Gasteiger partial charge in [-0.3, -0.25) is 10.1 Å². The summed E-state index contributed by atoms with van der Waals surface area (Å²) < 4.78 is 0. The van der Waals surface area contributed by atoms with Gasteiger partial charge in [0.1, 0.15) is 0 Å². The van der Waals surface area contributed by atoms with Crippen molar-refractivity contribution in [2.24, 2.45) is 0 Å². The molecule has 1 N–H and O–H groups in total. The van der Waals surface area contributed by atoms with E-state index in [4.69, 9.17) is 10.1 Å². The standard InChI is InChI=1S/Lu.HNO2/c;2-1-3/h;1H. The molecule has 0 spiro atoms. The van der Waals surface area contributed by atoms with Crippen molar-refractivity contribution in [3.05, 3.63) is 10.1 Å². The van der Waals surface area contributed by atoms with Crippen LogP contribution in [-0.4, -0.2) is 0 Å². The maximum atomic E-state index is 8.12. The van der Waals surface area contributed by atoms with E-state index in [0.29, 0.717) is 0 Å². The van der Waals surface area contributed by atoms with Gasteiger partial charge >= 0.3 is 0 Å². The van der Waals surface area contributed by atoms with Crippen LogP contribution in [0.15, 0.2) is 0 Å². The predicted molar refractivity (Wildman–Crippen MR) is 7.70 cm³/mol. The fourth-order valence-corrected chi connectivity index (χ4v) is 0. The fourth-order valence-electron chi connectivity index (χ4n) is 0. The van der Waals surface area contributed by atoms with Gasteiger partial charge in [0.25, 0.3) is 0 Å². The van der Waals surface area contributed by atoms with Crippen LogP contribution in [-0.2, 0) is 0 Å². The number of nitrogens with one attached hydrogen (secondary N) is 1. The molecular formula is HLuNO2. The zero-order valence-corrected chi connectivity index (χ0v) is 3.23. The summed E-state index contributed by atoms with van der Waals surface area (Å²) in [5, 5.41) is 8.38. The molecule has 0 heterocycles. The molecule has 4 heteroatoms. The summed E-state index contributed by atoms with van der Waals surface area (Å²) in [7, 11) is 0. The molecule has 33 valence electrons. The number of hydrogen-bond donors (Lipinski definition) is 1. The van der Waals surface area contributed by atoms with Crippen LogP contribution in [0, 0.1) is 47.0 Å². The summed E-state index contributed by atoms with van der Waals surface area (Å²) in [4.78, 5) is 8.12. The second-order valence-corrected chi connectivity index (χ2v) is 0.0833. The van der Waals surface area contributed by atoms with Crippen molar-refractivity contribution in [3.8, 4) is 0 Å². The predicted octanol–water partition coefficient (Wildman–Crippen LogP) is -1.67. The van der Waals surface area contributed by atoms with Gasteiger partial charge in [0.15, 0.2) is 0 Å². The Morgan fingerprint density at radius 2 is 1.75 bits per heavy atom. The van der Waals surface area contributed by atoms with Crippen molar-refractivity contribution < 1.29 is 42.2 Å². The smallest absolute Gasteiger partial charge is 0.00366 e. The minimum atomic E-state index is 0. The topological polar surface area (TPSA) is 54.1 Å². The zero-order valence-electron chi connectivity index (χ0n) is 1.57. The Balaban J connectivity index is 0. The third-order valence-corrected chi connectivity index (χ3v) is 0. The Morgan fingerprint density at radius 3 is 1.75 bits per heavy atom. The molecule has 0 bridgehead atoms. The largest absolute Gasteiger partial charge is 0.267 e. The minimum Gasteiger partial charge on any atom is -0.267 e. The summed E-state index contributed by atoms with van der Waals surface area (Å²) in [5.41, 5.74) is 0. The Kier molecular flexibility index (Phi) is 20.8. The van der Waals surface area contributed by atoms with Crippen molar-refractivity contribution in [1.29, 1.82) is 0 Å². The van der Waals surface area contributed by atoms with E-state index in [-0.39, 0.29) is 42.2 Å². The molecule has 0 aliphatic rings. The Hall–Kier alpha value is 0.634. The fraction of sp³-hybridized carbons (Fsp3) is 0. The molecule has 0 aromatic rings. The molecule has 0 unspecified atom stereocenters. The van der Waals surface area contributed by atoms with Crippen LogP contribution in [0.4, 0.5) is 0 Å². The van der Waals surface area contributed by atoms with Gasteiger partial charge < -0.3 is 0 Å². The normalized spacial score (nSPS) is 3.00. The second kappa shape index (κ2) is 9.44. The molecule has 0 aliphatic carbocycles. The van der Waals surface area contributed by atoms with E-state index in [2.05, 4.69) is 0 Å². The molecule has 4 heavy (non-hydrogen) atoms. The SMILES string of the molecule is O=[NH+][O-].[Lu]. The van der Waals surface area contributed by atoms with Gasteiger partial charge in [0, 0.05) is 42.2 Å². The average Bonchev–Trinajstić information content (AvgIpc) is 0.918. The van der Waals surface area contributed by atoms with Crippen molar-refractivity contribution in [2.75, 3.05) is 0 Å². The Bertz CT molecular complexity index is 13.5. The van der Waals surface area contributed by atoms with Gasteiger partial charge in [-0.2, -0.15) is 0 Å². The molecule has 3 nitrogen and oxygen atoms in total. The molecule has 0 atom stereocenters. The summed E-state index contributed by atoms with van der Waals surface area (Å²) in [6.45, 7) is 0. The summed E-state index contributed by atoms with van der Waals surface area (Å²) >= 11 is 0. The van der Waals surface area contributed by atoms with Gasteiger partial charge in [-0.1, -0.05) is 0 Å². The van der Waals surface area contributed by atoms with Crippen molar-refractivity contribution in [3.63, 3.8) is 0 Å². The quantitative estimate of drug-likeness (QED) is 0.393. The van der Waals surface area contributed by atoms with Crippen LogP contribution in [0.3, 0.4) is 0 Å². The van der Waals surface area contributed by atoms with Crippen molar-refractivity contribution in [1.82, 2.24) is 0 Å². The van der Waals surface area contributed by atoms with Gasteiger partial charge in [0.05, 0.1) is 0 Å². The van der Waals surface area contributed by atoms with Crippen LogP contribution in [0.5, 0.6) is 0 Å². The summed E-state index contributed by atoms with van der Waals surface area (Å²) in [6.07, 6.45) is 0. The van der Waals surface area contributed by atoms with Gasteiger partial charge in [-0.15, -0.1) is 0 Å². The first-order chi connectivity index (χ1) is 1.41. The van der Waals surface area contributed by atoms with Crippen LogP contribution in [0.25, 0.3) is 0 Å². The third-order valence-electron chi connectivity index (χ3n) is 0. The van der Waals surface area contributed by atoms with E-state index in [1.807, 2.05) is 0 Å². The Morgan fingerprint density at radius 1 is 1.75 bits per heavy atom. The molecule has 0 rings (SSSR count). The molecule has 0 amide bonds. The molecule has 0 saturated heterocycles. The minimum absolute atomic E-state index is 0. The van der Waals surface area contributed by atoms with Crippen LogP contribution in [0.1, 0.15) is 0 Å². The van der Waals surface area contributed by atoms with Gasteiger partial charge in [-0.25, -0.2) is 0 Å². The van der Waals surface area contributed by atoms with E-state index in [1.54, 1.807) is 0 Å². The van der Waals surface area contributed by atoms with E-state index in [9.17, 15) is 0 Å².